The summed E-state index contributed by atoms with van der Waals surface area (Å²) in [6, 6.07) is 6.01. The predicted molar refractivity (Wildman–Crippen MR) is 123 cm³/mol. The molecular formula is C23H32N2O7S. The number of methoxy groups -OCH3 is 2. The van der Waals surface area contributed by atoms with E-state index in [0.717, 1.165) is 4.31 Å². The molecule has 33 heavy (non-hydrogen) atoms. The lowest BCUT2D eigenvalue weighted by Gasteiger charge is -2.22. The topological polar surface area (TPSA) is 104 Å². The highest BCUT2D eigenvalue weighted by atomic mass is 32.2. The number of hydrogen-bond acceptors (Lipinski definition) is 7. The summed E-state index contributed by atoms with van der Waals surface area (Å²) in [5.74, 6) is -0.431. The fourth-order valence-corrected chi connectivity index (χ4v) is 5.12. The lowest BCUT2D eigenvalue weighted by atomic mass is 10.1. The van der Waals surface area contributed by atoms with Gasteiger partial charge in [0.15, 0.2) is 5.78 Å². The Hall–Kier alpha value is -2.69. The van der Waals surface area contributed by atoms with Gasteiger partial charge in [0.1, 0.15) is 11.4 Å². The molecule has 9 nitrogen and oxygen atoms in total. The molecule has 0 fully saturated rings. The molecular weight excluding hydrogens is 448 g/mol. The minimum Gasteiger partial charge on any atom is -0.497 e. The highest BCUT2D eigenvalue weighted by molar-refractivity contribution is 7.89. The zero-order chi connectivity index (χ0) is 24.8. The summed E-state index contributed by atoms with van der Waals surface area (Å²) in [6.07, 6.45) is 0.427. The van der Waals surface area contributed by atoms with E-state index in [0.29, 0.717) is 42.2 Å². The highest BCUT2D eigenvalue weighted by Crippen LogP contribution is 2.25. The molecule has 10 heteroatoms. The van der Waals surface area contributed by atoms with Crippen molar-refractivity contribution in [2.75, 3.05) is 40.5 Å². The molecule has 1 aromatic heterocycles. The van der Waals surface area contributed by atoms with Gasteiger partial charge in [-0.25, -0.2) is 13.2 Å². The summed E-state index contributed by atoms with van der Waals surface area (Å²) < 4.78 is 44.8. The largest absolute Gasteiger partial charge is 0.497 e. The van der Waals surface area contributed by atoms with Gasteiger partial charge in [-0.3, -0.25) is 4.79 Å². The Bertz CT molecular complexity index is 1090. The zero-order valence-electron chi connectivity index (χ0n) is 20.0. The highest BCUT2D eigenvalue weighted by Gasteiger charge is 2.30. The van der Waals surface area contributed by atoms with E-state index < -0.39 is 21.8 Å². The van der Waals surface area contributed by atoms with Crippen molar-refractivity contribution in [3.05, 3.63) is 46.8 Å². The maximum absolute atomic E-state index is 13.4. The van der Waals surface area contributed by atoms with Crippen LogP contribution in [0, 0.1) is 13.8 Å². The molecule has 0 saturated heterocycles. The van der Waals surface area contributed by atoms with E-state index >= 15 is 0 Å². The van der Waals surface area contributed by atoms with Crippen molar-refractivity contribution in [2.45, 2.75) is 32.1 Å². The molecule has 182 valence electrons. The van der Waals surface area contributed by atoms with Crippen LogP contribution < -0.4 is 4.74 Å². The molecule has 0 spiro atoms. The number of esters is 1. The van der Waals surface area contributed by atoms with Crippen LogP contribution in [0.3, 0.4) is 0 Å². The average Bonchev–Trinajstić information content (AvgIpc) is 3.03. The lowest BCUT2D eigenvalue weighted by molar-refractivity contribution is 0.0588. The summed E-state index contributed by atoms with van der Waals surface area (Å²) >= 11 is 0. The first-order chi connectivity index (χ1) is 15.6. The van der Waals surface area contributed by atoms with E-state index in [-0.39, 0.29) is 23.7 Å². The van der Waals surface area contributed by atoms with Gasteiger partial charge in [0.25, 0.3) is 0 Å². The van der Waals surface area contributed by atoms with Gasteiger partial charge in [0.2, 0.25) is 10.0 Å². The number of nitrogens with zero attached hydrogens (tertiary/aromatic N) is 2. The van der Waals surface area contributed by atoms with Crippen molar-refractivity contribution in [1.29, 1.82) is 0 Å². The van der Waals surface area contributed by atoms with Crippen LogP contribution in [0.5, 0.6) is 5.75 Å². The van der Waals surface area contributed by atoms with Gasteiger partial charge in [-0.05, 0) is 57.0 Å². The number of carbonyl (C=O) groups is 2. The van der Waals surface area contributed by atoms with Crippen molar-refractivity contribution in [2.24, 2.45) is 7.05 Å². The van der Waals surface area contributed by atoms with Crippen LogP contribution in [0.4, 0.5) is 0 Å². The molecule has 0 saturated carbocycles. The standard InChI is InChI=1S/C23H32N2O7S/c1-7-32-14-8-13-25(33(28,29)19-11-9-18(30-5)10-12-19)15-20(26)21-16(2)22(23(27)31-6)24(4)17(21)3/h9-12H,7-8,13-15H2,1-6H3. The number of ether oxygens (including phenoxy) is 3. The summed E-state index contributed by atoms with van der Waals surface area (Å²) in [5.41, 5.74) is 1.61. The van der Waals surface area contributed by atoms with E-state index in [9.17, 15) is 18.0 Å². The molecule has 0 atom stereocenters. The number of benzene rings is 1. The molecule has 1 aromatic carbocycles. The molecule has 0 bridgehead atoms. The molecule has 0 aliphatic heterocycles. The van der Waals surface area contributed by atoms with Gasteiger partial charge >= 0.3 is 5.97 Å². The van der Waals surface area contributed by atoms with Gasteiger partial charge in [0.05, 0.1) is 25.7 Å². The van der Waals surface area contributed by atoms with Gasteiger partial charge in [-0.1, -0.05) is 0 Å². The van der Waals surface area contributed by atoms with Gasteiger partial charge in [-0.15, -0.1) is 0 Å². The average molecular weight is 481 g/mol. The SMILES string of the molecule is CCOCCCN(CC(=O)c1c(C)c(C(=O)OC)n(C)c1C)S(=O)(=O)c1ccc(OC)cc1. The minimum absolute atomic E-state index is 0.0595. The number of carbonyl (C=O) groups excluding carboxylic acids is 2. The Morgan fingerprint density at radius 2 is 1.73 bits per heavy atom. The quantitative estimate of drug-likeness (QED) is 0.261. The number of ketones is 1. The van der Waals surface area contributed by atoms with Crippen molar-refractivity contribution < 1.29 is 32.2 Å². The summed E-state index contributed by atoms with van der Waals surface area (Å²) in [6.45, 7) is 5.85. The van der Waals surface area contributed by atoms with Crippen LogP contribution in [-0.4, -0.2) is 69.6 Å². The van der Waals surface area contributed by atoms with Crippen LogP contribution >= 0.6 is 0 Å². The normalized spacial score (nSPS) is 11.6. The summed E-state index contributed by atoms with van der Waals surface area (Å²) in [5, 5.41) is 0. The van der Waals surface area contributed by atoms with E-state index in [2.05, 4.69) is 0 Å². The molecule has 0 unspecified atom stereocenters. The van der Waals surface area contributed by atoms with Crippen LogP contribution in [0.1, 0.15) is 45.4 Å². The maximum Gasteiger partial charge on any atom is 0.354 e. The van der Waals surface area contributed by atoms with E-state index in [1.54, 1.807) is 37.6 Å². The molecule has 2 rings (SSSR count). The third kappa shape index (κ3) is 5.82. The third-order valence-corrected chi connectivity index (χ3v) is 7.36. The number of Topliss-reactive ketones (excluding diaryl/α,β-unsaturated/α-hetero) is 1. The Morgan fingerprint density at radius 1 is 1.09 bits per heavy atom. The van der Waals surface area contributed by atoms with E-state index in [4.69, 9.17) is 14.2 Å². The van der Waals surface area contributed by atoms with Gasteiger partial charge in [-0.2, -0.15) is 4.31 Å². The van der Waals surface area contributed by atoms with Crippen LogP contribution in [0.25, 0.3) is 0 Å². The predicted octanol–water partition coefficient (Wildman–Crippen LogP) is 2.74. The van der Waals surface area contributed by atoms with Crippen LogP contribution in [0.2, 0.25) is 0 Å². The summed E-state index contributed by atoms with van der Waals surface area (Å²) in [7, 11) is 0.469. The number of aromatic nitrogens is 1. The van der Waals surface area contributed by atoms with Gasteiger partial charge in [0, 0.05) is 38.1 Å². The van der Waals surface area contributed by atoms with Crippen molar-refractivity contribution >= 4 is 21.8 Å². The minimum atomic E-state index is -3.96. The number of sulfonamides is 1. The Labute approximate surface area is 195 Å². The van der Waals surface area contributed by atoms with Crippen molar-refractivity contribution in [3.63, 3.8) is 0 Å². The number of rotatable bonds is 12. The second-order valence-corrected chi connectivity index (χ2v) is 9.41. The fourth-order valence-electron chi connectivity index (χ4n) is 3.68. The Morgan fingerprint density at radius 3 is 2.27 bits per heavy atom. The first-order valence-corrected chi connectivity index (χ1v) is 12.0. The number of hydrogen-bond donors (Lipinski definition) is 0. The molecule has 2 aromatic rings. The third-order valence-electron chi connectivity index (χ3n) is 5.51. The maximum atomic E-state index is 13.4. The first-order valence-electron chi connectivity index (χ1n) is 10.6. The van der Waals surface area contributed by atoms with Crippen LogP contribution in [0.15, 0.2) is 29.2 Å². The first kappa shape index (κ1) is 26.6. The zero-order valence-corrected chi connectivity index (χ0v) is 20.8. The second kappa shape index (κ2) is 11.4. The molecule has 0 radical (unpaired) electrons. The monoisotopic (exact) mass is 480 g/mol. The Kier molecular flexibility index (Phi) is 9.21. The van der Waals surface area contributed by atoms with E-state index in [1.165, 1.54) is 26.4 Å². The Balaban J connectivity index is 2.41. The van der Waals surface area contributed by atoms with Crippen molar-refractivity contribution in [1.82, 2.24) is 8.87 Å². The molecule has 1 heterocycles. The smallest absolute Gasteiger partial charge is 0.354 e. The molecule has 0 aliphatic carbocycles. The molecule has 0 aliphatic rings. The lowest BCUT2D eigenvalue weighted by Crippen LogP contribution is -2.37. The summed E-state index contributed by atoms with van der Waals surface area (Å²) in [4.78, 5) is 25.6. The fraction of sp³-hybridized carbons (Fsp3) is 0.478. The van der Waals surface area contributed by atoms with E-state index in [1.807, 2.05) is 6.92 Å². The molecule has 0 amide bonds. The molecule has 0 N–H and O–H groups in total. The van der Waals surface area contributed by atoms with Gasteiger partial charge < -0.3 is 18.8 Å². The second-order valence-electron chi connectivity index (χ2n) is 7.47. The van der Waals surface area contributed by atoms with Crippen LogP contribution in [-0.2, 0) is 26.5 Å². The van der Waals surface area contributed by atoms with Crippen molar-refractivity contribution in [3.8, 4) is 5.75 Å².